The molecule has 0 atom stereocenters. The number of ether oxygens (including phenoxy) is 1. The lowest BCUT2D eigenvalue weighted by atomic mass is 10.1. The zero-order valence-electron chi connectivity index (χ0n) is 13.0. The van der Waals surface area contributed by atoms with Gasteiger partial charge in [-0.1, -0.05) is 12.1 Å². The molecule has 2 aromatic rings. The van der Waals surface area contributed by atoms with Gasteiger partial charge in [0.25, 0.3) is 5.91 Å². The van der Waals surface area contributed by atoms with E-state index in [-0.39, 0.29) is 11.7 Å². The third-order valence-corrected chi connectivity index (χ3v) is 3.24. The summed E-state index contributed by atoms with van der Waals surface area (Å²) in [4.78, 5) is 16.0. The van der Waals surface area contributed by atoms with Crippen LogP contribution in [0.3, 0.4) is 0 Å². The number of amides is 1. The van der Waals surface area contributed by atoms with Crippen LogP contribution in [0.15, 0.2) is 42.6 Å². The average molecular weight is 317 g/mol. The molecule has 0 saturated carbocycles. The number of benzene rings is 1. The number of methoxy groups -OCH3 is 1. The average Bonchev–Trinajstić information content (AvgIpc) is 2.57. The number of anilines is 1. The zero-order chi connectivity index (χ0) is 16.5. The first-order valence-electron chi connectivity index (χ1n) is 7.40. The molecule has 0 aliphatic rings. The molecule has 2 N–H and O–H groups in total. The van der Waals surface area contributed by atoms with Crippen LogP contribution >= 0.6 is 0 Å². The van der Waals surface area contributed by atoms with E-state index in [2.05, 4.69) is 15.6 Å². The largest absolute Gasteiger partial charge is 0.385 e. The molecule has 0 aliphatic carbocycles. The highest BCUT2D eigenvalue weighted by atomic mass is 19.1. The van der Waals surface area contributed by atoms with E-state index in [1.54, 1.807) is 37.6 Å². The monoisotopic (exact) mass is 317 g/mol. The van der Waals surface area contributed by atoms with Crippen molar-refractivity contribution in [2.24, 2.45) is 0 Å². The van der Waals surface area contributed by atoms with Crippen molar-refractivity contribution >= 4 is 11.6 Å². The minimum Gasteiger partial charge on any atom is -0.385 e. The van der Waals surface area contributed by atoms with E-state index in [1.165, 1.54) is 12.1 Å². The van der Waals surface area contributed by atoms with Gasteiger partial charge in [-0.2, -0.15) is 0 Å². The summed E-state index contributed by atoms with van der Waals surface area (Å²) in [7, 11) is 1.58. The number of hydrogen-bond donors (Lipinski definition) is 2. The molecular formula is C17H20FN3O2. The highest BCUT2D eigenvalue weighted by Gasteiger charge is 2.07. The molecule has 5 nitrogen and oxygen atoms in total. The third-order valence-electron chi connectivity index (χ3n) is 3.24. The fourth-order valence-electron chi connectivity index (χ4n) is 2.02. The van der Waals surface area contributed by atoms with Gasteiger partial charge < -0.3 is 15.4 Å². The highest BCUT2D eigenvalue weighted by molar-refractivity contribution is 5.93. The van der Waals surface area contributed by atoms with Crippen molar-refractivity contribution in [3.63, 3.8) is 0 Å². The van der Waals surface area contributed by atoms with Gasteiger partial charge in [0.15, 0.2) is 0 Å². The minimum absolute atomic E-state index is 0.232. The number of pyridine rings is 1. The van der Waals surface area contributed by atoms with Crippen molar-refractivity contribution in [3.05, 3.63) is 59.7 Å². The maximum atomic E-state index is 12.8. The summed E-state index contributed by atoms with van der Waals surface area (Å²) in [5, 5.41) is 5.96. The fourth-order valence-corrected chi connectivity index (χ4v) is 2.02. The lowest BCUT2D eigenvalue weighted by Crippen LogP contribution is -2.27. The Morgan fingerprint density at radius 2 is 2.00 bits per heavy atom. The molecular weight excluding hydrogens is 297 g/mol. The summed E-state index contributed by atoms with van der Waals surface area (Å²) in [6, 6.07) is 9.92. The second kappa shape index (κ2) is 8.85. The minimum atomic E-state index is -0.236. The molecule has 1 aromatic heterocycles. The highest BCUT2D eigenvalue weighted by Crippen LogP contribution is 2.09. The Bertz CT molecular complexity index is 632. The summed E-state index contributed by atoms with van der Waals surface area (Å²) >= 11 is 0. The SMILES string of the molecule is COCCNC(=O)c1cc(NCCc2ccc(F)cc2)ccn1. The Kier molecular flexibility index (Phi) is 6.50. The molecule has 1 heterocycles. The van der Waals surface area contributed by atoms with Crippen molar-refractivity contribution in [2.75, 3.05) is 32.1 Å². The van der Waals surface area contributed by atoms with Crippen LogP contribution in [0.2, 0.25) is 0 Å². The van der Waals surface area contributed by atoms with Crippen molar-refractivity contribution in [3.8, 4) is 0 Å². The van der Waals surface area contributed by atoms with E-state index in [0.717, 1.165) is 17.7 Å². The number of rotatable bonds is 8. The Morgan fingerprint density at radius 1 is 1.22 bits per heavy atom. The molecule has 0 radical (unpaired) electrons. The number of carbonyl (C=O) groups excluding carboxylic acids is 1. The Hall–Kier alpha value is -2.47. The summed E-state index contributed by atoms with van der Waals surface area (Å²) in [5.74, 6) is -0.468. The Morgan fingerprint density at radius 3 is 2.74 bits per heavy atom. The number of halogens is 1. The van der Waals surface area contributed by atoms with Crippen LogP contribution in [-0.4, -0.2) is 37.7 Å². The zero-order valence-corrected chi connectivity index (χ0v) is 13.0. The van der Waals surface area contributed by atoms with Gasteiger partial charge in [-0.15, -0.1) is 0 Å². The molecule has 0 bridgehead atoms. The topological polar surface area (TPSA) is 63.2 Å². The summed E-state index contributed by atoms with van der Waals surface area (Å²) in [5.41, 5.74) is 2.22. The van der Waals surface area contributed by atoms with Crippen LogP contribution in [0.4, 0.5) is 10.1 Å². The maximum absolute atomic E-state index is 12.8. The summed E-state index contributed by atoms with van der Waals surface area (Å²) in [6.07, 6.45) is 2.35. The lowest BCUT2D eigenvalue weighted by Gasteiger charge is -2.08. The molecule has 0 fully saturated rings. The maximum Gasteiger partial charge on any atom is 0.270 e. The predicted octanol–water partition coefficient (Wildman–Crippen LogP) is 2.25. The first kappa shape index (κ1) is 16.9. The second-order valence-corrected chi connectivity index (χ2v) is 4.98. The first-order chi connectivity index (χ1) is 11.2. The molecule has 0 unspecified atom stereocenters. The van der Waals surface area contributed by atoms with Crippen molar-refractivity contribution < 1.29 is 13.9 Å². The van der Waals surface area contributed by atoms with Crippen LogP contribution in [-0.2, 0) is 11.2 Å². The van der Waals surface area contributed by atoms with Gasteiger partial charge in [0, 0.05) is 32.1 Å². The number of nitrogens with zero attached hydrogens (tertiary/aromatic N) is 1. The normalized spacial score (nSPS) is 10.3. The van der Waals surface area contributed by atoms with Crippen LogP contribution in [0.5, 0.6) is 0 Å². The van der Waals surface area contributed by atoms with Gasteiger partial charge in [0.1, 0.15) is 11.5 Å². The van der Waals surface area contributed by atoms with E-state index in [4.69, 9.17) is 4.74 Å². The molecule has 23 heavy (non-hydrogen) atoms. The van der Waals surface area contributed by atoms with E-state index >= 15 is 0 Å². The number of nitrogens with one attached hydrogen (secondary N) is 2. The summed E-state index contributed by atoms with van der Waals surface area (Å²) < 4.78 is 17.7. The molecule has 2 rings (SSSR count). The van der Waals surface area contributed by atoms with Crippen LogP contribution in [0.25, 0.3) is 0 Å². The number of hydrogen-bond acceptors (Lipinski definition) is 4. The van der Waals surface area contributed by atoms with Gasteiger partial charge in [-0.05, 0) is 36.2 Å². The fraction of sp³-hybridized carbons (Fsp3) is 0.294. The standard InChI is InChI=1S/C17H20FN3O2/c1-23-11-10-21-17(22)16-12-15(7-9-20-16)19-8-6-13-2-4-14(18)5-3-13/h2-5,7,9,12H,6,8,10-11H2,1H3,(H,19,20)(H,21,22). The van der Waals surface area contributed by atoms with E-state index < -0.39 is 0 Å². The lowest BCUT2D eigenvalue weighted by molar-refractivity contribution is 0.0932. The van der Waals surface area contributed by atoms with Crippen molar-refractivity contribution in [2.45, 2.75) is 6.42 Å². The third kappa shape index (κ3) is 5.67. The van der Waals surface area contributed by atoms with Gasteiger partial charge in [-0.25, -0.2) is 4.39 Å². The predicted molar refractivity (Wildman–Crippen MR) is 87.0 cm³/mol. The molecule has 0 saturated heterocycles. The van der Waals surface area contributed by atoms with Gasteiger partial charge >= 0.3 is 0 Å². The second-order valence-electron chi connectivity index (χ2n) is 4.98. The van der Waals surface area contributed by atoms with Crippen LogP contribution < -0.4 is 10.6 Å². The van der Waals surface area contributed by atoms with Crippen molar-refractivity contribution in [1.29, 1.82) is 0 Å². The van der Waals surface area contributed by atoms with Gasteiger partial charge in [0.05, 0.1) is 6.61 Å². The van der Waals surface area contributed by atoms with E-state index in [0.29, 0.717) is 25.4 Å². The van der Waals surface area contributed by atoms with Gasteiger partial charge in [-0.3, -0.25) is 9.78 Å². The Labute approximate surface area is 134 Å². The Balaban J connectivity index is 1.84. The van der Waals surface area contributed by atoms with E-state index in [9.17, 15) is 9.18 Å². The molecule has 0 spiro atoms. The smallest absolute Gasteiger partial charge is 0.270 e. The molecule has 0 aliphatic heterocycles. The van der Waals surface area contributed by atoms with Crippen molar-refractivity contribution in [1.82, 2.24) is 10.3 Å². The number of aromatic nitrogens is 1. The first-order valence-corrected chi connectivity index (χ1v) is 7.40. The molecule has 6 heteroatoms. The summed E-state index contributed by atoms with van der Waals surface area (Å²) in [6.45, 7) is 1.58. The quantitative estimate of drug-likeness (QED) is 0.733. The van der Waals surface area contributed by atoms with Gasteiger partial charge in [0.2, 0.25) is 0 Å². The van der Waals surface area contributed by atoms with E-state index in [1.807, 2.05) is 0 Å². The van der Waals surface area contributed by atoms with Crippen LogP contribution in [0, 0.1) is 5.82 Å². The number of carbonyl (C=O) groups is 1. The molecule has 122 valence electrons. The molecule has 1 aromatic carbocycles. The molecule has 1 amide bonds. The van der Waals surface area contributed by atoms with Crippen LogP contribution in [0.1, 0.15) is 16.1 Å².